The summed E-state index contributed by atoms with van der Waals surface area (Å²) in [6.07, 6.45) is 6.87. The SMILES string of the molecule is COC(=O)c1cccnc1NCCC1CCC1. The van der Waals surface area contributed by atoms with Crippen molar-refractivity contribution in [3.05, 3.63) is 23.9 Å². The Morgan fingerprint density at radius 2 is 2.41 bits per heavy atom. The molecule has 0 spiro atoms. The van der Waals surface area contributed by atoms with Gasteiger partial charge in [0.2, 0.25) is 0 Å². The molecule has 1 aromatic rings. The van der Waals surface area contributed by atoms with Gasteiger partial charge >= 0.3 is 5.97 Å². The van der Waals surface area contributed by atoms with Crippen LogP contribution in [0.1, 0.15) is 36.0 Å². The molecule has 0 bridgehead atoms. The van der Waals surface area contributed by atoms with E-state index >= 15 is 0 Å². The fraction of sp³-hybridized carbons (Fsp3) is 0.538. The first-order valence-electron chi connectivity index (χ1n) is 6.08. The topological polar surface area (TPSA) is 51.2 Å². The lowest BCUT2D eigenvalue weighted by Crippen LogP contribution is -2.17. The third kappa shape index (κ3) is 2.96. The Bertz CT molecular complexity index is 389. The van der Waals surface area contributed by atoms with E-state index in [-0.39, 0.29) is 5.97 Å². The van der Waals surface area contributed by atoms with Crippen LogP contribution >= 0.6 is 0 Å². The summed E-state index contributed by atoms with van der Waals surface area (Å²) in [7, 11) is 1.38. The number of aromatic nitrogens is 1. The molecule has 1 aliphatic carbocycles. The molecule has 4 heteroatoms. The summed E-state index contributed by atoms with van der Waals surface area (Å²) in [4.78, 5) is 15.7. The zero-order valence-corrected chi connectivity index (χ0v) is 10.1. The highest BCUT2D eigenvalue weighted by Gasteiger charge is 2.17. The second-order valence-corrected chi connectivity index (χ2v) is 4.40. The van der Waals surface area contributed by atoms with Crippen LogP contribution in [-0.4, -0.2) is 24.6 Å². The normalized spacial score (nSPS) is 15.1. The molecule has 0 aromatic carbocycles. The number of esters is 1. The fourth-order valence-electron chi connectivity index (χ4n) is 2.00. The molecule has 1 N–H and O–H groups in total. The highest BCUT2D eigenvalue weighted by molar-refractivity contribution is 5.94. The Hall–Kier alpha value is -1.58. The first-order valence-corrected chi connectivity index (χ1v) is 6.08. The van der Waals surface area contributed by atoms with Crippen LogP contribution in [0.15, 0.2) is 18.3 Å². The summed E-state index contributed by atoms with van der Waals surface area (Å²) >= 11 is 0. The van der Waals surface area contributed by atoms with Crippen LogP contribution < -0.4 is 5.32 Å². The lowest BCUT2D eigenvalue weighted by atomic mass is 9.83. The van der Waals surface area contributed by atoms with E-state index in [9.17, 15) is 4.79 Å². The monoisotopic (exact) mass is 234 g/mol. The minimum Gasteiger partial charge on any atom is -0.465 e. The lowest BCUT2D eigenvalue weighted by Gasteiger charge is -2.25. The van der Waals surface area contributed by atoms with Gasteiger partial charge in [-0.25, -0.2) is 9.78 Å². The molecule has 1 aromatic heterocycles. The summed E-state index contributed by atoms with van der Waals surface area (Å²) in [6.45, 7) is 0.867. The van der Waals surface area contributed by atoms with E-state index in [0.29, 0.717) is 11.4 Å². The molecule has 0 radical (unpaired) electrons. The van der Waals surface area contributed by atoms with Gasteiger partial charge in [0.05, 0.1) is 7.11 Å². The molecule has 0 atom stereocenters. The molecule has 1 heterocycles. The fourth-order valence-corrected chi connectivity index (χ4v) is 2.00. The summed E-state index contributed by atoms with van der Waals surface area (Å²) in [6, 6.07) is 3.47. The number of rotatable bonds is 5. The number of anilines is 1. The standard InChI is InChI=1S/C13H18N2O2/c1-17-13(16)11-6-3-8-14-12(11)15-9-7-10-4-2-5-10/h3,6,8,10H,2,4-5,7,9H2,1H3,(H,14,15). The predicted octanol–water partition coefficient (Wildman–Crippen LogP) is 2.47. The molecule has 1 fully saturated rings. The molecule has 1 saturated carbocycles. The van der Waals surface area contributed by atoms with Gasteiger partial charge in [0.25, 0.3) is 0 Å². The number of methoxy groups -OCH3 is 1. The Morgan fingerprint density at radius 3 is 3.06 bits per heavy atom. The number of ether oxygens (including phenoxy) is 1. The van der Waals surface area contributed by atoms with Crippen LogP contribution in [0.2, 0.25) is 0 Å². The average Bonchev–Trinajstić information content (AvgIpc) is 2.32. The summed E-state index contributed by atoms with van der Waals surface area (Å²) in [5.74, 6) is 1.13. The van der Waals surface area contributed by atoms with Gasteiger partial charge in [0.1, 0.15) is 11.4 Å². The second-order valence-electron chi connectivity index (χ2n) is 4.40. The van der Waals surface area contributed by atoms with Gasteiger partial charge in [0, 0.05) is 12.7 Å². The third-order valence-corrected chi connectivity index (χ3v) is 3.28. The van der Waals surface area contributed by atoms with E-state index in [4.69, 9.17) is 4.74 Å². The van der Waals surface area contributed by atoms with Crippen molar-refractivity contribution >= 4 is 11.8 Å². The Balaban J connectivity index is 1.91. The van der Waals surface area contributed by atoms with Gasteiger partial charge in [-0.3, -0.25) is 0 Å². The van der Waals surface area contributed by atoms with Crippen LogP contribution in [0.25, 0.3) is 0 Å². The van der Waals surface area contributed by atoms with Crippen LogP contribution in [0.3, 0.4) is 0 Å². The largest absolute Gasteiger partial charge is 0.465 e. The van der Waals surface area contributed by atoms with Crippen molar-refractivity contribution in [2.75, 3.05) is 19.0 Å². The zero-order valence-electron chi connectivity index (χ0n) is 10.1. The Kier molecular flexibility index (Phi) is 3.96. The number of pyridine rings is 1. The van der Waals surface area contributed by atoms with Crippen LogP contribution in [0.5, 0.6) is 0 Å². The average molecular weight is 234 g/mol. The van der Waals surface area contributed by atoms with Gasteiger partial charge in [0.15, 0.2) is 0 Å². The smallest absolute Gasteiger partial charge is 0.341 e. The van der Waals surface area contributed by atoms with E-state index in [1.807, 2.05) is 0 Å². The van der Waals surface area contributed by atoms with Crippen molar-refractivity contribution in [1.82, 2.24) is 4.98 Å². The molecule has 17 heavy (non-hydrogen) atoms. The Labute approximate surface area is 101 Å². The maximum absolute atomic E-state index is 11.5. The molecule has 92 valence electrons. The molecule has 0 saturated heterocycles. The Morgan fingerprint density at radius 1 is 1.59 bits per heavy atom. The van der Waals surface area contributed by atoms with E-state index in [1.165, 1.54) is 26.4 Å². The minimum absolute atomic E-state index is 0.343. The zero-order chi connectivity index (χ0) is 12.1. The van der Waals surface area contributed by atoms with Gasteiger partial charge in [-0.05, 0) is 24.5 Å². The molecule has 2 rings (SSSR count). The van der Waals surface area contributed by atoms with Crippen molar-refractivity contribution in [3.63, 3.8) is 0 Å². The van der Waals surface area contributed by atoms with Crippen LogP contribution in [-0.2, 0) is 4.74 Å². The van der Waals surface area contributed by atoms with Crippen LogP contribution in [0, 0.1) is 5.92 Å². The quantitative estimate of drug-likeness (QED) is 0.795. The molecule has 1 aliphatic rings. The molecule has 0 aliphatic heterocycles. The van der Waals surface area contributed by atoms with Crippen LogP contribution in [0.4, 0.5) is 5.82 Å². The van der Waals surface area contributed by atoms with Crippen molar-refractivity contribution in [2.45, 2.75) is 25.7 Å². The molecular weight excluding hydrogens is 216 g/mol. The highest BCUT2D eigenvalue weighted by atomic mass is 16.5. The molecule has 0 amide bonds. The van der Waals surface area contributed by atoms with E-state index in [1.54, 1.807) is 18.3 Å². The minimum atomic E-state index is -0.343. The van der Waals surface area contributed by atoms with Gasteiger partial charge in [-0.2, -0.15) is 0 Å². The summed E-state index contributed by atoms with van der Waals surface area (Å²) < 4.78 is 4.72. The predicted molar refractivity (Wildman–Crippen MR) is 66.0 cm³/mol. The number of hydrogen-bond donors (Lipinski definition) is 1. The first-order chi connectivity index (χ1) is 8.31. The maximum Gasteiger partial charge on any atom is 0.341 e. The van der Waals surface area contributed by atoms with Crippen molar-refractivity contribution in [1.29, 1.82) is 0 Å². The second kappa shape index (κ2) is 5.66. The van der Waals surface area contributed by atoms with Crippen molar-refractivity contribution < 1.29 is 9.53 Å². The summed E-state index contributed by atoms with van der Waals surface area (Å²) in [5.41, 5.74) is 0.503. The van der Waals surface area contributed by atoms with Gasteiger partial charge < -0.3 is 10.1 Å². The molecular formula is C13H18N2O2. The highest BCUT2D eigenvalue weighted by Crippen LogP contribution is 2.29. The number of carbonyl (C=O) groups is 1. The van der Waals surface area contributed by atoms with Crippen molar-refractivity contribution in [2.24, 2.45) is 5.92 Å². The third-order valence-electron chi connectivity index (χ3n) is 3.28. The maximum atomic E-state index is 11.5. The van der Waals surface area contributed by atoms with E-state index < -0.39 is 0 Å². The molecule has 4 nitrogen and oxygen atoms in total. The summed E-state index contributed by atoms with van der Waals surface area (Å²) in [5, 5.41) is 3.22. The van der Waals surface area contributed by atoms with Gasteiger partial charge in [-0.15, -0.1) is 0 Å². The number of nitrogens with zero attached hydrogens (tertiary/aromatic N) is 1. The lowest BCUT2D eigenvalue weighted by molar-refractivity contribution is 0.0601. The number of nitrogens with one attached hydrogen (secondary N) is 1. The van der Waals surface area contributed by atoms with E-state index in [2.05, 4.69) is 10.3 Å². The number of carbonyl (C=O) groups excluding carboxylic acids is 1. The first kappa shape index (κ1) is 11.9. The van der Waals surface area contributed by atoms with Crippen molar-refractivity contribution in [3.8, 4) is 0 Å². The number of hydrogen-bond acceptors (Lipinski definition) is 4. The molecule has 0 unspecified atom stereocenters. The van der Waals surface area contributed by atoms with E-state index in [0.717, 1.165) is 18.9 Å². The van der Waals surface area contributed by atoms with Gasteiger partial charge in [-0.1, -0.05) is 19.3 Å².